The summed E-state index contributed by atoms with van der Waals surface area (Å²) in [5.41, 5.74) is 2.01. The van der Waals surface area contributed by atoms with E-state index in [2.05, 4.69) is 31.1 Å². The third-order valence-electron chi connectivity index (χ3n) is 2.59. The number of nitrogens with zero attached hydrogens (tertiary/aromatic N) is 3. The molecule has 3 aromatic rings. The second-order valence-corrected chi connectivity index (χ2v) is 4.88. The predicted octanol–water partition coefficient (Wildman–Crippen LogP) is 3.39. The van der Waals surface area contributed by atoms with Crippen LogP contribution in [0.2, 0.25) is 0 Å². The molecule has 96 valence electrons. The van der Waals surface area contributed by atoms with Crippen molar-refractivity contribution < 1.29 is 8.94 Å². The lowest BCUT2D eigenvalue weighted by Crippen LogP contribution is -1.90. The van der Waals surface area contributed by atoms with Gasteiger partial charge in [0.05, 0.1) is 6.42 Å². The summed E-state index contributed by atoms with van der Waals surface area (Å²) in [6.07, 6.45) is 2.37. The van der Waals surface area contributed by atoms with Gasteiger partial charge in [-0.2, -0.15) is 4.98 Å². The maximum Gasteiger partial charge on any atom is 0.238 e. The molecule has 0 fully saturated rings. The Kier molecular flexibility index (Phi) is 3.16. The van der Waals surface area contributed by atoms with Gasteiger partial charge in [-0.25, -0.2) is 0 Å². The first-order valence-corrected chi connectivity index (χ1v) is 6.50. The van der Waals surface area contributed by atoms with E-state index in [9.17, 15) is 0 Å². The SMILES string of the molecule is Cc1ccc(Cc2nc(-c3ccc(Br)o3)no2)cn1. The van der Waals surface area contributed by atoms with E-state index in [0.29, 0.717) is 28.6 Å². The van der Waals surface area contributed by atoms with E-state index in [1.807, 2.05) is 25.3 Å². The van der Waals surface area contributed by atoms with E-state index in [1.165, 1.54) is 0 Å². The highest BCUT2D eigenvalue weighted by molar-refractivity contribution is 9.10. The fraction of sp³-hybridized carbons (Fsp3) is 0.154. The molecule has 0 aliphatic heterocycles. The molecule has 0 aliphatic carbocycles. The van der Waals surface area contributed by atoms with Crippen LogP contribution in [-0.2, 0) is 6.42 Å². The van der Waals surface area contributed by atoms with Gasteiger partial charge in [-0.05, 0) is 46.6 Å². The summed E-state index contributed by atoms with van der Waals surface area (Å²) in [6.45, 7) is 1.95. The average Bonchev–Trinajstić information content (AvgIpc) is 3.01. The Bertz CT molecular complexity index is 688. The van der Waals surface area contributed by atoms with Gasteiger partial charge in [-0.15, -0.1) is 0 Å². The zero-order valence-corrected chi connectivity index (χ0v) is 11.7. The van der Waals surface area contributed by atoms with Crippen molar-refractivity contribution in [2.24, 2.45) is 0 Å². The van der Waals surface area contributed by atoms with Crippen LogP contribution in [0.1, 0.15) is 17.1 Å². The molecule has 0 atom stereocenters. The van der Waals surface area contributed by atoms with Gasteiger partial charge in [-0.3, -0.25) is 4.98 Å². The van der Waals surface area contributed by atoms with Crippen molar-refractivity contribution in [3.8, 4) is 11.6 Å². The molecule has 0 aromatic carbocycles. The molecule has 3 heterocycles. The smallest absolute Gasteiger partial charge is 0.238 e. The van der Waals surface area contributed by atoms with Crippen LogP contribution < -0.4 is 0 Å². The number of hydrogen-bond donors (Lipinski definition) is 0. The number of furan rings is 1. The molecule has 0 aliphatic rings. The average molecular weight is 320 g/mol. The van der Waals surface area contributed by atoms with Crippen molar-refractivity contribution in [3.63, 3.8) is 0 Å². The lowest BCUT2D eigenvalue weighted by molar-refractivity contribution is 0.384. The van der Waals surface area contributed by atoms with Crippen LogP contribution in [0.15, 0.2) is 44.1 Å². The first-order chi connectivity index (χ1) is 9.20. The molecule has 0 N–H and O–H groups in total. The molecule has 19 heavy (non-hydrogen) atoms. The highest BCUT2D eigenvalue weighted by Gasteiger charge is 2.12. The molecule has 3 rings (SSSR count). The highest BCUT2D eigenvalue weighted by atomic mass is 79.9. The number of rotatable bonds is 3. The Morgan fingerprint density at radius 1 is 1.21 bits per heavy atom. The van der Waals surface area contributed by atoms with E-state index in [4.69, 9.17) is 8.94 Å². The number of hydrogen-bond acceptors (Lipinski definition) is 5. The Morgan fingerprint density at radius 2 is 2.11 bits per heavy atom. The van der Waals surface area contributed by atoms with Crippen LogP contribution in [0.4, 0.5) is 0 Å². The van der Waals surface area contributed by atoms with Crippen LogP contribution in [0.25, 0.3) is 11.6 Å². The monoisotopic (exact) mass is 319 g/mol. The molecular weight excluding hydrogens is 310 g/mol. The highest BCUT2D eigenvalue weighted by Crippen LogP contribution is 2.22. The minimum absolute atomic E-state index is 0.445. The molecule has 0 spiro atoms. The minimum atomic E-state index is 0.445. The van der Waals surface area contributed by atoms with Crippen LogP contribution in [0, 0.1) is 6.92 Å². The lowest BCUT2D eigenvalue weighted by atomic mass is 10.2. The van der Waals surface area contributed by atoms with E-state index in [1.54, 1.807) is 12.1 Å². The lowest BCUT2D eigenvalue weighted by Gasteiger charge is -1.96. The first kappa shape index (κ1) is 12.1. The standard InChI is InChI=1S/C13H10BrN3O2/c1-8-2-3-9(7-15-8)6-12-16-13(17-19-12)10-4-5-11(14)18-10/h2-5,7H,6H2,1H3. The van der Waals surface area contributed by atoms with Gasteiger partial charge >= 0.3 is 0 Å². The molecule has 0 unspecified atom stereocenters. The molecule has 0 saturated heterocycles. The summed E-state index contributed by atoms with van der Waals surface area (Å²) in [5.74, 6) is 1.55. The second kappa shape index (κ2) is 4.97. The summed E-state index contributed by atoms with van der Waals surface area (Å²) >= 11 is 3.24. The molecule has 5 nitrogen and oxygen atoms in total. The summed E-state index contributed by atoms with van der Waals surface area (Å²) < 4.78 is 11.2. The molecule has 3 aromatic heterocycles. The van der Waals surface area contributed by atoms with Gasteiger partial charge in [0.1, 0.15) is 0 Å². The van der Waals surface area contributed by atoms with Crippen molar-refractivity contribution in [2.75, 3.05) is 0 Å². The molecular formula is C13H10BrN3O2. The first-order valence-electron chi connectivity index (χ1n) is 5.70. The van der Waals surface area contributed by atoms with E-state index < -0.39 is 0 Å². The number of halogens is 1. The molecule has 6 heteroatoms. The zero-order chi connectivity index (χ0) is 13.2. The van der Waals surface area contributed by atoms with Crippen molar-refractivity contribution in [1.82, 2.24) is 15.1 Å². The number of aryl methyl sites for hydroxylation is 1. The quantitative estimate of drug-likeness (QED) is 0.740. The van der Waals surface area contributed by atoms with Crippen molar-refractivity contribution in [3.05, 3.63) is 52.3 Å². The van der Waals surface area contributed by atoms with Gasteiger partial charge in [0.25, 0.3) is 0 Å². The number of aromatic nitrogens is 3. The summed E-state index contributed by atoms with van der Waals surface area (Å²) in [6, 6.07) is 7.52. The van der Waals surface area contributed by atoms with Crippen molar-refractivity contribution >= 4 is 15.9 Å². The Labute approximate surface area is 117 Å². The molecule has 0 bridgehead atoms. The van der Waals surface area contributed by atoms with Crippen molar-refractivity contribution in [2.45, 2.75) is 13.3 Å². The summed E-state index contributed by atoms with van der Waals surface area (Å²) in [7, 11) is 0. The topological polar surface area (TPSA) is 65.0 Å². The van der Waals surface area contributed by atoms with Crippen LogP contribution in [0.5, 0.6) is 0 Å². The van der Waals surface area contributed by atoms with E-state index in [-0.39, 0.29) is 0 Å². The Balaban J connectivity index is 1.80. The molecule has 0 amide bonds. The van der Waals surface area contributed by atoms with Crippen LogP contribution in [-0.4, -0.2) is 15.1 Å². The van der Waals surface area contributed by atoms with Gasteiger partial charge in [0.2, 0.25) is 11.7 Å². The van der Waals surface area contributed by atoms with Gasteiger partial charge in [-0.1, -0.05) is 11.2 Å². The minimum Gasteiger partial charge on any atom is -0.446 e. The third-order valence-corrected chi connectivity index (χ3v) is 3.02. The van der Waals surface area contributed by atoms with Crippen molar-refractivity contribution in [1.29, 1.82) is 0 Å². The Hall–Kier alpha value is -1.95. The third kappa shape index (κ3) is 2.73. The summed E-state index contributed by atoms with van der Waals surface area (Å²) in [5, 5.41) is 3.89. The Morgan fingerprint density at radius 3 is 2.79 bits per heavy atom. The van der Waals surface area contributed by atoms with Gasteiger partial charge in [0, 0.05) is 11.9 Å². The van der Waals surface area contributed by atoms with Gasteiger partial charge < -0.3 is 8.94 Å². The normalized spacial score (nSPS) is 10.8. The fourth-order valence-corrected chi connectivity index (χ4v) is 1.95. The maximum absolute atomic E-state index is 5.37. The predicted molar refractivity (Wildman–Crippen MR) is 71.5 cm³/mol. The number of pyridine rings is 1. The zero-order valence-electron chi connectivity index (χ0n) is 10.1. The maximum atomic E-state index is 5.37. The van der Waals surface area contributed by atoms with Crippen LogP contribution in [0.3, 0.4) is 0 Å². The van der Waals surface area contributed by atoms with Crippen LogP contribution >= 0.6 is 15.9 Å². The summed E-state index contributed by atoms with van der Waals surface area (Å²) in [4.78, 5) is 8.52. The molecule has 0 radical (unpaired) electrons. The van der Waals surface area contributed by atoms with Gasteiger partial charge in [0.15, 0.2) is 10.4 Å². The second-order valence-electron chi connectivity index (χ2n) is 4.10. The largest absolute Gasteiger partial charge is 0.446 e. The fourth-order valence-electron chi connectivity index (χ4n) is 1.64. The molecule has 0 saturated carbocycles. The van der Waals surface area contributed by atoms with E-state index >= 15 is 0 Å². The van der Waals surface area contributed by atoms with E-state index in [0.717, 1.165) is 11.3 Å².